The van der Waals surface area contributed by atoms with Gasteiger partial charge in [0.05, 0.1) is 16.8 Å². The van der Waals surface area contributed by atoms with E-state index < -0.39 is 0 Å². The summed E-state index contributed by atoms with van der Waals surface area (Å²) in [5.41, 5.74) is 1.81. The molecule has 8 heteroatoms. The second kappa shape index (κ2) is 7.14. The number of rotatable bonds is 5. The summed E-state index contributed by atoms with van der Waals surface area (Å²) in [6.07, 6.45) is 0. The number of hydrogen-bond donors (Lipinski definition) is 0. The summed E-state index contributed by atoms with van der Waals surface area (Å²) < 4.78 is 1.69. The van der Waals surface area contributed by atoms with Crippen molar-refractivity contribution in [2.75, 3.05) is 12.3 Å². The molecule has 2 amide bonds. The fraction of sp³-hybridized carbons (Fsp3) is 0.0952. The zero-order chi connectivity index (χ0) is 19.8. The summed E-state index contributed by atoms with van der Waals surface area (Å²) in [5, 5.41) is 14.8. The highest BCUT2D eigenvalue weighted by Gasteiger charge is 2.34. The van der Waals surface area contributed by atoms with Crippen LogP contribution >= 0.6 is 11.8 Å². The largest absolute Gasteiger partial charge is 0.273 e. The van der Waals surface area contributed by atoms with Gasteiger partial charge in [-0.2, -0.15) is 4.68 Å². The lowest BCUT2D eigenvalue weighted by atomic mass is 10.1. The number of tetrazole rings is 1. The zero-order valence-corrected chi connectivity index (χ0v) is 16.0. The third-order valence-corrected chi connectivity index (χ3v) is 5.76. The van der Waals surface area contributed by atoms with E-state index in [1.165, 1.54) is 16.7 Å². The van der Waals surface area contributed by atoms with E-state index in [1.807, 2.05) is 42.5 Å². The number of imide groups is 1. The molecule has 2 heterocycles. The molecule has 0 unspecified atom stereocenters. The van der Waals surface area contributed by atoms with Gasteiger partial charge in [0, 0.05) is 17.7 Å². The smallest absolute Gasteiger partial charge is 0.261 e. The van der Waals surface area contributed by atoms with Crippen LogP contribution in [0.4, 0.5) is 0 Å². The predicted molar refractivity (Wildman–Crippen MR) is 109 cm³/mol. The first-order chi connectivity index (χ1) is 14.2. The quantitative estimate of drug-likeness (QED) is 0.377. The van der Waals surface area contributed by atoms with E-state index >= 15 is 0 Å². The molecule has 0 fully saturated rings. The van der Waals surface area contributed by atoms with Crippen LogP contribution < -0.4 is 0 Å². The molecule has 29 heavy (non-hydrogen) atoms. The molecule has 0 radical (unpaired) electrons. The summed E-state index contributed by atoms with van der Waals surface area (Å²) in [6.45, 7) is 0.291. The maximum absolute atomic E-state index is 12.5. The Morgan fingerprint density at radius 3 is 2.31 bits per heavy atom. The van der Waals surface area contributed by atoms with Crippen LogP contribution in [0.1, 0.15) is 20.7 Å². The molecule has 1 aliphatic heterocycles. The summed E-state index contributed by atoms with van der Waals surface area (Å²) in [4.78, 5) is 26.3. The van der Waals surface area contributed by atoms with Gasteiger partial charge in [0.25, 0.3) is 11.8 Å². The molecule has 0 saturated carbocycles. The number of fused-ring (bicyclic) bond motifs is 2. The van der Waals surface area contributed by atoms with Crippen LogP contribution in [-0.4, -0.2) is 49.2 Å². The Bertz CT molecular complexity index is 1210. The van der Waals surface area contributed by atoms with Crippen molar-refractivity contribution in [3.63, 3.8) is 0 Å². The summed E-state index contributed by atoms with van der Waals surface area (Å²) in [6, 6.07) is 20.9. The number of thioether (sulfide) groups is 1. The minimum absolute atomic E-state index is 0.250. The minimum Gasteiger partial charge on any atom is -0.273 e. The number of benzene rings is 3. The summed E-state index contributed by atoms with van der Waals surface area (Å²) in [5.74, 6) is -0.00365. The third kappa shape index (κ3) is 2.98. The van der Waals surface area contributed by atoms with E-state index in [0.717, 1.165) is 16.5 Å². The molecule has 3 aromatic carbocycles. The summed E-state index contributed by atoms with van der Waals surface area (Å²) >= 11 is 1.41. The van der Waals surface area contributed by atoms with Crippen molar-refractivity contribution in [1.29, 1.82) is 0 Å². The Balaban J connectivity index is 1.34. The SMILES string of the molecule is O=C1c2ccccc2C(=O)N1CCSc1nnnn1-c1cccc2ccccc12. The van der Waals surface area contributed by atoms with Crippen molar-refractivity contribution < 1.29 is 9.59 Å². The topological polar surface area (TPSA) is 81.0 Å². The van der Waals surface area contributed by atoms with Crippen molar-refractivity contribution >= 4 is 34.3 Å². The first-order valence-corrected chi connectivity index (χ1v) is 10.1. The van der Waals surface area contributed by atoms with Gasteiger partial charge < -0.3 is 0 Å². The van der Waals surface area contributed by atoms with Gasteiger partial charge in [-0.1, -0.05) is 60.3 Å². The van der Waals surface area contributed by atoms with Crippen LogP contribution in [0.3, 0.4) is 0 Å². The number of carbonyl (C=O) groups is 2. The van der Waals surface area contributed by atoms with Gasteiger partial charge in [0.15, 0.2) is 0 Å². The van der Waals surface area contributed by atoms with E-state index in [0.29, 0.717) is 28.6 Å². The van der Waals surface area contributed by atoms with Crippen LogP contribution in [-0.2, 0) is 0 Å². The standard InChI is InChI=1S/C21H15N5O2S/c27-19-16-9-3-4-10-17(16)20(28)25(19)12-13-29-21-22-23-24-26(21)18-11-5-7-14-6-1-2-8-15(14)18/h1-11H,12-13H2. The van der Waals surface area contributed by atoms with E-state index in [2.05, 4.69) is 15.5 Å². The highest BCUT2D eigenvalue weighted by molar-refractivity contribution is 7.99. The van der Waals surface area contributed by atoms with Gasteiger partial charge in [-0.3, -0.25) is 14.5 Å². The lowest BCUT2D eigenvalue weighted by Crippen LogP contribution is -2.31. The van der Waals surface area contributed by atoms with Crippen LogP contribution in [0.2, 0.25) is 0 Å². The van der Waals surface area contributed by atoms with Crippen LogP contribution in [0.25, 0.3) is 16.5 Å². The average molecular weight is 401 g/mol. The highest BCUT2D eigenvalue weighted by atomic mass is 32.2. The van der Waals surface area contributed by atoms with Gasteiger partial charge in [-0.25, -0.2) is 0 Å². The third-order valence-electron chi connectivity index (χ3n) is 4.86. The number of hydrogen-bond acceptors (Lipinski definition) is 6. The van der Waals surface area contributed by atoms with E-state index in [1.54, 1.807) is 28.9 Å². The number of carbonyl (C=O) groups excluding carboxylic acids is 2. The number of aromatic nitrogens is 4. The van der Waals surface area contributed by atoms with Crippen LogP contribution in [0, 0.1) is 0 Å². The highest BCUT2D eigenvalue weighted by Crippen LogP contribution is 2.26. The average Bonchev–Trinajstić information content (AvgIpc) is 3.32. The van der Waals surface area contributed by atoms with Crippen molar-refractivity contribution in [1.82, 2.24) is 25.1 Å². The Morgan fingerprint density at radius 1 is 0.828 bits per heavy atom. The maximum atomic E-state index is 12.5. The Morgan fingerprint density at radius 2 is 1.52 bits per heavy atom. The van der Waals surface area contributed by atoms with Crippen molar-refractivity contribution in [3.05, 3.63) is 77.9 Å². The van der Waals surface area contributed by atoms with E-state index in [-0.39, 0.29) is 11.8 Å². The van der Waals surface area contributed by atoms with E-state index in [9.17, 15) is 9.59 Å². The zero-order valence-electron chi connectivity index (χ0n) is 15.2. The molecule has 0 atom stereocenters. The second-order valence-corrected chi connectivity index (χ2v) is 7.59. The Kier molecular flexibility index (Phi) is 4.33. The molecule has 0 spiro atoms. The monoisotopic (exact) mass is 401 g/mol. The van der Waals surface area contributed by atoms with Crippen molar-refractivity contribution in [3.8, 4) is 5.69 Å². The minimum atomic E-state index is -0.250. The molecule has 1 aliphatic rings. The molecular weight excluding hydrogens is 386 g/mol. The molecule has 142 valence electrons. The molecule has 0 aliphatic carbocycles. The molecule has 0 saturated heterocycles. The summed E-state index contributed by atoms with van der Waals surface area (Å²) in [7, 11) is 0. The first kappa shape index (κ1) is 17.6. The number of nitrogens with zero attached hydrogens (tertiary/aromatic N) is 5. The van der Waals surface area contributed by atoms with Gasteiger partial charge >= 0.3 is 0 Å². The molecular formula is C21H15N5O2S. The van der Waals surface area contributed by atoms with Gasteiger partial charge in [-0.05, 0) is 34.0 Å². The van der Waals surface area contributed by atoms with Gasteiger partial charge in [0.2, 0.25) is 5.16 Å². The fourth-order valence-electron chi connectivity index (χ4n) is 3.48. The molecule has 0 N–H and O–H groups in total. The van der Waals surface area contributed by atoms with Gasteiger partial charge in [0.1, 0.15) is 0 Å². The fourth-order valence-corrected chi connectivity index (χ4v) is 4.29. The predicted octanol–water partition coefficient (Wildman–Crippen LogP) is 3.20. The van der Waals surface area contributed by atoms with Crippen molar-refractivity contribution in [2.45, 2.75) is 5.16 Å². The molecule has 4 aromatic rings. The maximum Gasteiger partial charge on any atom is 0.261 e. The first-order valence-electron chi connectivity index (χ1n) is 9.08. The molecule has 1 aromatic heterocycles. The number of amides is 2. The Labute approximate surface area is 170 Å². The van der Waals surface area contributed by atoms with Crippen LogP contribution in [0.15, 0.2) is 71.9 Å². The second-order valence-electron chi connectivity index (χ2n) is 6.53. The lowest BCUT2D eigenvalue weighted by molar-refractivity contribution is 0.0664. The lowest BCUT2D eigenvalue weighted by Gasteiger charge is -2.13. The Hall–Kier alpha value is -3.52. The van der Waals surface area contributed by atoms with E-state index in [4.69, 9.17) is 0 Å². The molecule has 0 bridgehead atoms. The molecule has 5 rings (SSSR count). The van der Waals surface area contributed by atoms with Gasteiger partial charge in [-0.15, -0.1) is 5.10 Å². The van der Waals surface area contributed by atoms with Crippen LogP contribution in [0.5, 0.6) is 0 Å². The normalized spacial score (nSPS) is 13.3. The molecule has 7 nitrogen and oxygen atoms in total. The van der Waals surface area contributed by atoms with Crippen molar-refractivity contribution in [2.24, 2.45) is 0 Å².